The molecule has 37 heavy (non-hydrogen) atoms. The van der Waals surface area contributed by atoms with E-state index in [0.29, 0.717) is 47.1 Å². The molecule has 186 valence electrons. The van der Waals surface area contributed by atoms with Crippen molar-refractivity contribution in [2.75, 3.05) is 16.3 Å². The number of rotatable bonds is 5. The molecule has 0 radical (unpaired) electrons. The highest BCUT2D eigenvalue weighted by atomic mass is 16.6. The summed E-state index contributed by atoms with van der Waals surface area (Å²) in [5, 5.41) is 2.57. The summed E-state index contributed by atoms with van der Waals surface area (Å²) in [6.07, 6.45) is 5.77. The molecule has 3 aromatic rings. The van der Waals surface area contributed by atoms with Crippen molar-refractivity contribution in [1.82, 2.24) is 5.32 Å². The van der Waals surface area contributed by atoms with Crippen molar-refractivity contribution in [3.8, 4) is 5.75 Å². The number of fused-ring (bicyclic) bond motifs is 3. The minimum Gasteiger partial charge on any atom is -0.410 e. The van der Waals surface area contributed by atoms with Crippen LogP contribution >= 0.6 is 0 Å². The number of para-hydroxylation sites is 4. The molecule has 4 atom stereocenters. The molecule has 0 saturated heterocycles. The molecule has 3 amide bonds. The number of allylic oxidation sites excluding steroid dienone is 2. The fourth-order valence-electron chi connectivity index (χ4n) is 5.75. The van der Waals surface area contributed by atoms with Crippen LogP contribution in [0.3, 0.4) is 0 Å². The van der Waals surface area contributed by atoms with Crippen LogP contribution in [-0.2, 0) is 9.59 Å². The number of nitrogens with one attached hydrogen (secondary N) is 1. The molecular formula is C30H27N3O4. The minimum absolute atomic E-state index is 0.294. The lowest BCUT2D eigenvalue weighted by molar-refractivity contribution is -0.128. The molecular weight excluding hydrogens is 466 g/mol. The molecule has 6 rings (SSSR count). The van der Waals surface area contributed by atoms with Crippen LogP contribution in [0.5, 0.6) is 5.75 Å². The normalized spacial score (nSPS) is 24.1. The largest absolute Gasteiger partial charge is 0.413 e. The Bertz CT molecular complexity index is 1360. The Hall–Kier alpha value is -4.39. The zero-order valence-corrected chi connectivity index (χ0v) is 20.2. The summed E-state index contributed by atoms with van der Waals surface area (Å²) in [6.45, 7) is 0.475. The lowest BCUT2D eigenvalue weighted by atomic mass is 9.92. The van der Waals surface area contributed by atoms with E-state index in [9.17, 15) is 14.4 Å². The van der Waals surface area contributed by atoms with E-state index in [-0.39, 0.29) is 0 Å². The number of amides is 3. The summed E-state index contributed by atoms with van der Waals surface area (Å²) in [4.78, 5) is 44.2. The predicted octanol–water partition coefficient (Wildman–Crippen LogP) is 5.07. The Balaban J connectivity index is 1.38. The summed E-state index contributed by atoms with van der Waals surface area (Å²) in [6, 6.07) is 23.7. The molecule has 1 heterocycles. The Morgan fingerprint density at radius 1 is 0.811 bits per heavy atom. The van der Waals surface area contributed by atoms with Crippen molar-refractivity contribution < 1.29 is 19.1 Å². The van der Waals surface area contributed by atoms with Crippen LogP contribution < -0.4 is 19.9 Å². The van der Waals surface area contributed by atoms with Gasteiger partial charge in [0.2, 0.25) is 0 Å². The molecule has 7 heteroatoms. The van der Waals surface area contributed by atoms with Gasteiger partial charge in [0.05, 0.1) is 11.4 Å². The topological polar surface area (TPSA) is 79.0 Å². The standard InChI is InChI=1S/C30H27N3O4/c34-28-27(31-30(36)37-24-11-5-2-6-12-24)29(35)33(23-9-3-1-4-10-23)26-14-8-7-13-25(26)32(28)19-22-18-20-15-16-21(22)17-20/h1-16,20-22,27H,17-19H2,(H,31,36)/t20-,21+,22?,27?/m1/s1. The van der Waals surface area contributed by atoms with Gasteiger partial charge < -0.3 is 15.0 Å². The maximum atomic E-state index is 14.1. The monoisotopic (exact) mass is 493 g/mol. The van der Waals surface area contributed by atoms with Crippen molar-refractivity contribution in [3.63, 3.8) is 0 Å². The van der Waals surface area contributed by atoms with Gasteiger partial charge in [-0.1, -0.05) is 60.7 Å². The third kappa shape index (κ3) is 4.37. The van der Waals surface area contributed by atoms with Crippen LogP contribution in [0.15, 0.2) is 97.1 Å². The van der Waals surface area contributed by atoms with Gasteiger partial charge in [-0.05, 0) is 67.0 Å². The summed E-state index contributed by atoms with van der Waals surface area (Å²) in [5.74, 6) is 0.578. The van der Waals surface area contributed by atoms with Crippen LogP contribution in [0, 0.1) is 17.8 Å². The quantitative estimate of drug-likeness (QED) is 0.398. The molecule has 0 spiro atoms. The van der Waals surface area contributed by atoms with Crippen LogP contribution in [0.1, 0.15) is 12.8 Å². The van der Waals surface area contributed by atoms with Crippen molar-refractivity contribution >= 4 is 35.0 Å². The van der Waals surface area contributed by atoms with E-state index < -0.39 is 23.9 Å². The van der Waals surface area contributed by atoms with E-state index >= 15 is 0 Å². The molecule has 7 nitrogen and oxygen atoms in total. The van der Waals surface area contributed by atoms with E-state index in [2.05, 4.69) is 17.5 Å². The molecule has 3 aliphatic rings. The summed E-state index contributed by atoms with van der Waals surface area (Å²) < 4.78 is 5.38. The van der Waals surface area contributed by atoms with Gasteiger partial charge in [0, 0.05) is 12.2 Å². The van der Waals surface area contributed by atoms with Gasteiger partial charge >= 0.3 is 6.09 Å². The number of benzene rings is 3. The summed E-state index contributed by atoms with van der Waals surface area (Å²) in [7, 11) is 0. The first-order chi connectivity index (χ1) is 18.1. The first-order valence-corrected chi connectivity index (χ1v) is 12.6. The van der Waals surface area contributed by atoms with E-state index in [1.165, 1.54) is 4.90 Å². The molecule has 3 aromatic carbocycles. The predicted molar refractivity (Wildman–Crippen MR) is 141 cm³/mol. The fourth-order valence-corrected chi connectivity index (χ4v) is 5.75. The molecule has 1 aliphatic heterocycles. The molecule has 0 aromatic heterocycles. The number of carbonyl (C=O) groups excluding carboxylic acids is 3. The van der Waals surface area contributed by atoms with Crippen molar-refractivity contribution in [1.29, 1.82) is 0 Å². The van der Waals surface area contributed by atoms with Crippen LogP contribution in [-0.4, -0.2) is 30.5 Å². The van der Waals surface area contributed by atoms with Gasteiger partial charge in [-0.2, -0.15) is 0 Å². The summed E-state index contributed by atoms with van der Waals surface area (Å²) in [5.41, 5.74) is 1.87. The van der Waals surface area contributed by atoms with Crippen molar-refractivity contribution in [3.05, 3.63) is 97.1 Å². The highest BCUT2D eigenvalue weighted by Crippen LogP contribution is 2.45. The Morgan fingerprint density at radius 2 is 1.49 bits per heavy atom. The minimum atomic E-state index is -1.45. The third-order valence-corrected chi connectivity index (χ3v) is 7.46. The maximum absolute atomic E-state index is 14.1. The van der Waals surface area contributed by atoms with Gasteiger partial charge in [0.25, 0.3) is 11.8 Å². The number of hydrogen-bond acceptors (Lipinski definition) is 4. The zero-order valence-electron chi connectivity index (χ0n) is 20.2. The number of ether oxygens (including phenoxy) is 1. The Morgan fingerprint density at radius 3 is 2.16 bits per heavy atom. The van der Waals surface area contributed by atoms with Gasteiger partial charge in [0.1, 0.15) is 5.75 Å². The Labute approximate surface area is 215 Å². The third-order valence-electron chi connectivity index (χ3n) is 7.46. The second-order valence-corrected chi connectivity index (χ2v) is 9.77. The SMILES string of the molecule is O=C(NC1C(=O)N(CC2C[C@@H]3C=C[C@H]2C3)c2ccccc2N(c2ccccc2)C1=O)Oc1ccccc1. The molecule has 2 aliphatic carbocycles. The van der Waals surface area contributed by atoms with Gasteiger partial charge in [-0.15, -0.1) is 0 Å². The highest BCUT2D eigenvalue weighted by Gasteiger charge is 2.44. The van der Waals surface area contributed by atoms with Crippen LogP contribution in [0.25, 0.3) is 0 Å². The fraction of sp³-hybridized carbons (Fsp3) is 0.233. The van der Waals surface area contributed by atoms with Crippen molar-refractivity contribution in [2.45, 2.75) is 18.9 Å². The van der Waals surface area contributed by atoms with Gasteiger partial charge in [0.15, 0.2) is 6.04 Å². The average molecular weight is 494 g/mol. The van der Waals surface area contributed by atoms with Crippen molar-refractivity contribution in [2.24, 2.45) is 17.8 Å². The average Bonchev–Trinajstić information content (AvgIpc) is 3.53. The molecule has 1 saturated carbocycles. The Kier molecular flexibility index (Phi) is 5.96. The number of anilines is 3. The van der Waals surface area contributed by atoms with Gasteiger partial charge in [-0.3, -0.25) is 14.5 Å². The van der Waals surface area contributed by atoms with Gasteiger partial charge in [-0.25, -0.2) is 4.79 Å². The van der Waals surface area contributed by atoms with Crippen LogP contribution in [0.4, 0.5) is 21.9 Å². The molecule has 2 bridgehead atoms. The lowest BCUT2D eigenvalue weighted by Crippen LogP contribution is -2.56. The van der Waals surface area contributed by atoms with E-state index in [1.54, 1.807) is 35.2 Å². The van der Waals surface area contributed by atoms with Crippen LogP contribution in [0.2, 0.25) is 0 Å². The molecule has 1 fully saturated rings. The first-order valence-electron chi connectivity index (χ1n) is 12.6. The number of carbonyl (C=O) groups is 3. The van der Waals surface area contributed by atoms with E-state index in [1.807, 2.05) is 54.6 Å². The van der Waals surface area contributed by atoms with E-state index in [4.69, 9.17) is 4.74 Å². The first kappa shape index (κ1) is 23.0. The zero-order chi connectivity index (χ0) is 25.4. The molecule has 2 unspecified atom stereocenters. The maximum Gasteiger partial charge on any atom is 0.413 e. The van der Waals surface area contributed by atoms with E-state index in [0.717, 1.165) is 12.8 Å². The summed E-state index contributed by atoms with van der Waals surface area (Å²) >= 11 is 0. The lowest BCUT2D eigenvalue weighted by Gasteiger charge is -2.30. The number of hydrogen-bond donors (Lipinski definition) is 1. The molecule has 1 N–H and O–H groups in total. The second-order valence-electron chi connectivity index (χ2n) is 9.77. The smallest absolute Gasteiger partial charge is 0.410 e. The number of nitrogens with zero attached hydrogens (tertiary/aromatic N) is 2. The second kappa shape index (κ2) is 9.58. The highest BCUT2D eigenvalue weighted by molar-refractivity contribution is 6.23.